The summed E-state index contributed by atoms with van der Waals surface area (Å²) in [5.74, 6) is 0.197. The third kappa shape index (κ3) is 16.1. The Morgan fingerprint density at radius 1 is 0.835 bits per heavy atom. The molecule has 2 aliphatic heterocycles. The van der Waals surface area contributed by atoms with E-state index in [1.165, 1.54) is 25.4 Å². The highest BCUT2D eigenvalue weighted by atomic mass is 16.6. The Morgan fingerprint density at radius 3 is 2.23 bits per heavy atom. The average Bonchev–Trinajstić information content (AvgIpc) is 3.73. The lowest BCUT2D eigenvalue weighted by atomic mass is 9.88. The molecule has 0 radical (unpaired) electrons. The molecule has 1 fully saturated rings. The molecule has 1 saturated heterocycles. The molecule has 4 aromatic heterocycles. The van der Waals surface area contributed by atoms with Gasteiger partial charge in [0.05, 0.1) is 75.7 Å². The van der Waals surface area contributed by atoms with Crippen LogP contribution in [0, 0.1) is 16.7 Å². The number of methoxy groups -OCH3 is 1. The molecular formula is C57H69N11O11. The van der Waals surface area contributed by atoms with Crippen LogP contribution in [0.15, 0.2) is 85.5 Å². The van der Waals surface area contributed by atoms with Gasteiger partial charge in [0, 0.05) is 86.3 Å². The van der Waals surface area contributed by atoms with Crippen molar-refractivity contribution >= 4 is 41.2 Å². The number of ketones is 1. The van der Waals surface area contributed by atoms with E-state index in [-0.39, 0.29) is 73.4 Å². The fourth-order valence-corrected chi connectivity index (χ4v) is 8.79. The second-order valence-electron chi connectivity index (χ2n) is 20.6. The number of aromatic nitrogens is 5. The lowest BCUT2D eigenvalue weighted by molar-refractivity contribution is -0.143. The monoisotopic (exact) mass is 1080 g/mol. The number of piperazine rings is 1. The van der Waals surface area contributed by atoms with E-state index < -0.39 is 23.5 Å². The number of rotatable bonds is 26. The van der Waals surface area contributed by atoms with E-state index in [2.05, 4.69) is 57.4 Å². The number of nitrogens with zero attached hydrogens (tertiary/aromatic N) is 9. The van der Waals surface area contributed by atoms with Crippen LogP contribution in [0.2, 0.25) is 0 Å². The zero-order chi connectivity index (χ0) is 56.5. The molecule has 22 nitrogen and oxygen atoms in total. The zero-order valence-electron chi connectivity index (χ0n) is 45.9. The molecule has 2 N–H and O–H groups in total. The summed E-state index contributed by atoms with van der Waals surface area (Å²) in [6, 6.07) is 18.1. The second kappa shape index (κ2) is 27.6. The number of anilines is 2. The van der Waals surface area contributed by atoms with Gasteiger partial charge >= 0.3 is 5.97 Å². The average molecular weight is 1080 g/mol. The van der Waals surface area contributed by atoms with E-state index in [0.717, 1.165) is 0 Å². The summed E-state index contributed by atoms with van der Waals surface area (Å²) in [5, 5.41) is 15.2. The molecule has 0 bridgehead atoms. The topological polar surface area (TPSA) is 263 Å². The number of amides is 3. The molecule has 418 valence electrons. The number of Topliss-reactive ketones (excluding diaryl/α,β-unsaturated/α-hetero) is 1. The SMILES string of the molecule is COC(=O)[C@H](CCC(C)(C)C)NC(=O)c1ccc(Oc2cccc(C(=O)NCCOCCOCCOCCOCC(=O)N3CCN(c4ncc(-c5ccc6c(n5)N(Cc5cccnc5C#N)C(C)(C)C6=O)cn4)C[C@H]3C)c2)nc1. The lowest BCUT2D eigenvalue weighted by Gasteiger charge is -2.39. The maximum atomic E-state index is 13.4. The number of nitriles is 1. The number of esters is 1. The molecule has 5 aromatic rings. The Kier molecular flexibility index (Phi) is 20.5. The van der Waals surface area contributed by atoms with Crippen LogP contribution < -0.4 is 25.2 Å². The summed E-state index contributed by atoms with van der Waals surface area (Å²) in [5.41, 5.74) is 2.52. The van der Waals surface area contributed by atoms with Crippen molar-refractivity contribution in [2.75, 3.05) is 95.9 Å². The maximum absolute atomic E-state index is 13.4. The number of ether oxygens (including phenoxy) is 6. The number of hydrogen-bond acceptors (Lipinski definition) is 19. The fraction of sp³-hybridized carbons (Fsp3) is 0.456. The van der Waals surface area contributed by atoms with Gasteiger partial charge in [-0.3, -0.25) is 19.2 Å². The van der Waals surface area contributed by atoms with E-state index in [4.69, 9.17) is 33.4 Å². The Morgan fingerprint density at radius 2 is 1.56 bits per heavy atom. The predicted octanol–water partition coefficient (Wildman–Crippen LogP) is 5.61. The second-order valence-corrected chi connectivity index (χ2v) is 20.6. The number of pyridine rings is 3. The van der Waals surface area contributed by atoms with Crippen molar-refractivity contribution < 1.29 is 52.4 Å². The van der Waals surface area contributed by atoms with Crippen molar-refractivity contribution in [1.82, 2.24) is 40.5 Å². The van der Waals surface area contributed by atoms with E-state index >= 15 is 0 Å². The van der Waals surface area contributed by atoms with Gasteiger partial charge < -0.3 is 53.8 Å². The zero-order valence-corrected chi connectivity index (χ0v) is 45.9. The van der Waals surface area contributed by atoms with E-state index in [1.54, 1.807) is 66.0 Å². The van der Waals surface area contributed by atoms with Crippen molar-refractivity contribution in [2.24, 2.45) is 5.41 Å². The highest BCUT2D eigenvalue weighted by Gasteiger charge is 2.45. The van der Waals surface area contributed by atoms with Crippen LogP contribution in [0.4, 0.5) is 11.8 Å². The first-order valence-electron chi connectivity index (χ1n) is 26.2. The smallest absolute Gasteiger partial charge is 0.328 e. The van der Waals surface area contributed by atoms with Gasteiger partial charge in [-0.15, -0.1) is 0 Å². The molecule has 7 rings (SSSR count). The van der Waals surface area contributed by atoms with Crippen LogP contribution in [0.3, 0.4) is 0 Å². The van der Waals surface area contributed by atoms with Crippen molar-refractivity contribution in [1.29, 1.82) is 5.26 Å². The van der Waals surface area contributed by atoms with Gasteiger partial charge in [0.2, 0.25) is 17.7 Å². The van der Waals surface area contributed by atoms with Crippen molar-refractivity contribution in [3.05, 3.63) is 113 Å². The summed E-state index contributed by atoms with van der Waals surface area (Å²) in [6.07, 6.45) is 7.48. The molecule has 0 aliphatic carbocycles. The Bertz CT molecular complexity index is 2950. The molecule has 2 aliphatic rings. The summed E-state index contributed by atoms with van der Waals surface area (Å²) in [7, 11) is 1.29. The Balaban J connectivity index is 0.717. The molecular weight excluding hydrogens is 1010 g/mol. The quantitative estimate of drug-likeness (QED) is 0.0504. The molecule has 3 amide bonds. The number of carbonyl (C=O) groups is 5. The highest BCUT2D eigenvalue weighted by Crippen LogP contribution is 2.40. The number of benzene rings is 1. The predicted molar refractivity (Wildman–Crippen MR) is 291 cm³/mol. The van der Waals surface area contributed by atoms with Crippen LogP contribution in [0.25, 0.3) is 11.3 Å². The first-order chi connectivity index (χ1) is 37.9. The minimum Gasteiger partial charge on any atom is -0.467 e. The van der Waals surface area contributed by atoms with Crippen LogP contribution in [0.1, 0.15) is 96.7 Å². The fourth-order valence-electron chi connectivity index (χ4n) is 8.79. The normalized spacial score (nSPS) is 15.2. The van der Waals surface area contributed by atoms with Gasteiger partial charge in [0.1, 0.15) is 36.0 Å². The Hall–Kier alpha value is -7.97. The summed E-state index contributed by atoms with van der Waals surface area (Å²) in [4.78, 5) is 92.9. The maximum Gasteiger partial charge on any atom is 0.328 e. The number of carbonyl (C=O) groups excluding carboxylic acids is 5. The summed E-state index contributed by atoms with van der Waals surface area (Å²) in [6.45, 7) is 16.1. The number of hydrogen-bond donors (Lipinski definition) is 2. The van der Waals surface area contributed by atoms with E-state index in [1.807, 2.05) is 36.6 Å². The van der Waals surface area contributed by atoms with Crippen LogP contribution in [0.5, 0.6) is 11.6 Å². The first kappa shape index (κ1) is 58.7. The Labute approximate surface area is 460 Å². The molecule has 0 unspecified atom stereocenters. The van der Waals surface area contributed by atoms with Gasteiger partial charge in [-0.05, 0) is 81.5 Å². The van der Waals surface area contributed by atoms with Crippen molar-refractivity contribution in [3.63, 3.8) is 0 Å². The molecule has 22 heteroatoms. The standard InChI is InChI=1S/C57H69N11O11/c1-38-35-66(55-62-33-42(34-63-55)45-15-14-44-50(70)57(5,6)68(51(44)64-45)36-41-11-9-19-59-47(41)31-58)21-22-67(38)49(69)37-78-29-28-77-27-26-76-25-24-75-23-20-60-52(71)39-10-8-12-43(30-39)79-48-16-13-40(32-61-48)53(72)65-46(54(73)74-7)17-18-56(2,3)4/h8-16,19,30,32-34,38,46H,17-18,20-29,35-37H2,1-7H3,(H,60,71)(H,65,72)/t38-,46+/m1/s1. The van der Waals surface area contributed by atoms with Gasteiger partial charge in [0.15, 0.2) is 5.78 Å². The third-order valence-corrected chi connectivity index (χ3v) is 13.3. The largest absolute Gasteiger partial charge is 0.467 e. The molecule has 1 aromatic carbocycles. The highest BCUT2D eigenvalue weighted by molar-refractivity contribution is 6.13. The molecule has 0 spiro atoms. The lowest BCUT2D eigenvalue weighted by Crippen LogP contribution is -2.55. The van der Waals surface area contributed by atoms with E-state index in [9.17, 15) is 29.2 Å². The van der Waals surface area contributed by atoms with Crippen LogP contribution in [-0.2, 0) is 39.8 Å². The number of nitrogens with one attached hydrogen (secondary N) is 2. The van der Waals surface area contributed by atoms with E-state index in [0.29, 0.717) is 117 Å². The van der Waals surface area contributed by atoms with Crippen molar-refractivity contribution in [2.45, 2.75) is 78.6 Å². The third-order valence-electron chi connectivity index (χ3n) is 13.3. The summed E-state index contributed by atoms with van der Waals surface area (Å²) < 4.78 is 33.1. The number of fused-ring (bicyclic) bond motifs is 1. The van der Waals surface area contributed by atoms with Gasteiger partial charge in [-0.2, -0.15) is 5.26 Å². The first-order valence-corrected chi connectivity index (χ1v) is 26.2. The van der Waals surface area contributed by atoms with Gasteiger partial charge in [-0.1, -0.05) is 32.9 Å². The van der Waals surface area contributed by atoms with Crippen LogP contribution >= 0.6 is 0 Å². The van der Waals surface area contributed by atoms with Gasteiger partial charge in [0.25, 0.3) is 11.8 Å². The van der Waals surface area contributed by atoms with Gasteiger partial charge in [-0.25, -0.2) is 29.7 Å². The summed E-state index contributed by atoms with van der Waals surface area (Å²) >= 11 is 0. The van der Waals surface area contributed by atoms with Crippen LogP contribution in [-0.4, -0.2) is 163 Å². The molecule has 2 atom stereocenters. The van der Waals surface area contributed by atoms with Crippen molar-refractivity contribution in [3.8, 4) is 29.0 Å². The minimum absolute atomic E-state index is 0.0251. The molecule has 0 saturated carbocycles. The molecule has 79 heavy (non-hydrogen) atoms. The molecule has 6 heterocycles. The minimum atomic E-state index is -0.879.